The zero-order valence-electron chi connectivity index (χ0n) is 9.37. The number of rotatable bonds is 4. The Bertz CT molecular complexity index is 364. The van der Waals surface area contributed by atoms with Gasteiger partial charge in [-0.25, -0.2) is 8.78 Å². The van der Waals surface area contributed by atoms with Crippen LogP contribution in [-0.4, -0.2) is 21.9 Å². The van der Waals surface area contributed by atoms with Gasteiger partial charge in [0.05, 0.1) is 11.7 Å². The Balaban J connectivity index is 2.85. The quantitative estimate of drug-likeness (QED) is 0.830. The summed E-state index contributed by atoms with van der Waals surface area (Å²) in [6.45, 7) is 3.18. The fourth-order valence-corrected chi connectivity index (χ4v) is 1.37. The van der Waals surface area contributed by atoms with Gasteiger partial charge in [-0.1, -0.05) is 19.1 Å². The van der Waals surface area contributed by atoms with Gasteiger partial charge in [-0.05, 0) is 25.0 Å². The van der Waals surface area contributed by atoms with E-state index in [4.69, 9.17) is 0 Å². The van der Waals surface area contributed by atoms with E-state index in [1.165, 1.54) is 19.1 Å². The summed E-state index contributed by atoms with van der Waals surface area (Å²) in [6, 6.07) is 3.79. The molecule has 2 atom stereocenters. The molecular formula is C12H16F2O2. The van der Waals surface area contributed by atoms with Crippen molar-refractivity contribution in [1.82, 2.24) is 0 Å². The standard InChI is InChI=1S/C12H16F2O2/c1-3-12(2,16)10(15)7-8-5-4-6-9(13)11(8)14/h4-6,10,15-16H,3,7H2,1-2H3. The molecule has 90 valence electrons. The highest BCUT2D eigenvalue weighted by molar-refractivity contribution is 5.20. The summed E-state index contributed by atoms with van der Waals surface area (Å²) in [4.78, 5) is 0. The van der Waals surface area contributed by atoms with Crippen LogP contribution in [0, 0.1) is 11.6 Å². The van der Waals surface area contributed by atoms with Gasteiger partial charge in [0.1, 0.15) is 0 Å². The summed E-state index contributed by atoms with van der Waals surface area (Å²) in [7, 11) is 0. The van der Waals surface area contributed by atoms with Crippen LogP contribution in [0.1, 0.15) is 25.8 Å². The minimum atomic E-state index is -1.29. The molecule has 0 saturated heterocycles. The summed E-state index contributed by atoms with van der Waals surface area (Å²) >= 11 is 0. The van der Waals surface area contributed by atoms with Crippen molar-refractivity contribution in [3.8, 4) is 0 Å². The van der Waals surface area contributed by atoms with Crippen molar-refractivity contribution in [2.75, 3.05) is 0 Å². The highest BCUT2D eigenvalue weighted by Gasteiger charge is 2.29. The van der Waals surface area contributed by atoms with Gasteiger partial charge < -0.3 is 10.2 Å². The lowest BCUT2D eigenvalue weighted by atomic mass is 9.91. The van der Waals surface area contributed by atoms with Crippen molar-refractivity contribution in [3.05, 3.63) is 35.4 Å². The van der Waals surface area contributed by atoms with E-state index in [2.05, 4.69) is 0 Å². The van der Waals surface area contributed by atoms with Crippen LogP contribution in [0.15, 0.2) is 18.2 Å². The predicted molar refractivity (Wildman–Crippen MR) is 57.0 cm³/mol. The average molecular weight is 230 g/mol. The second-order valence-electron chi connectivity index (χ2n) is 4.14. The molecule has 1 rings (SSSR count). The first kappa shape index (κ1) is 13.1. The molecule has 2 N–H and O–H groups in total. The van der Waals surface area contributed by atoms with Gasteiger partial charge in [-0.15, -0.1) is 0 Å². The third-order valence-electron chi connectivity index (χ3n) is 2.88. The SMILES string of the molecule is CCC(C)(O)C(O)Cc1cccc(F)c1F. The number of hydrogen-bond acceptors (Lipinski definition) is 2. The maximum absolute atomic E-state index is 13.3. The lowest BCUT2D eigenvalue weighted by molar-refractivity contribution is -0.0632. The third kappa shape index (κ3) is 2.77. The second kappa shape index (κ2) is 4.89. The van der Waals surface area contributed by atoms with E-state index in [1.807, 2.05) is 0 Å². The fourth-order valence-electron chi connectivity index (χ4n) is 1.37. The van der Waals surface area contributed by atoms with Crippen LogP contribution in [0.4, 0.5) is 8.78 Å². The number of hydrogen-bond donors (Lipinski definition) is 2. The summed E-state index contributed by atoms with van der Waals surface area (Å²) in [5.74, 6) is -1.91. The number of aliphatic hydroxyl groups excluding tert-OH is 1. The van der Waals surface area contributed by atoms with Crippen molar-refractivity contribution < 1.29 is 19.0 Å². The molecule has 1 aromatic rings. The Labute approximate surface area is 93.5 Å². The molecular weight excluding hydrogens is 214 g/mol. The smallest absolute Gasteiger partial charge is 0.162 e. The zero-order chi connectivity index (χ0) is 12.3. The molecule has 16 heavy (non-hydrogen) atoms. The molecule has 2 nitrogen and oxygen atoms in total. The van der Waals surface area contributed by atoms with Gasteiger partial charge in [0, 0.05) is 6.42 Å². The molecule has 0 aliphatic heterocycles. The molecule has 4 heteroatoms. The molecule has 0 radical (unpaired) electrons. The molecule has 0 saturated carbocycles. The van der Waals surface area contributed by atoms with E-state index in [1.54, 1.807) is 6.92 Å². The molecule has 0 fully saturated rings. The average Bonchev–Trinajstić information content (AvgIpc) is 2.24. The topological polar surface area (TPSA) is 40.5 Å². The van der Waals surface area contributed by atoms with E-state index in [9.17, 15) is 19.0 Å². The Morgan fingerprint density at radius 2 is 2.00 bits per heavy atom. The van der Waals surface area contributed by atoms with Crippen LogP contribution in [0.3, 0.4) is 0 Å². The van der Waals surface area contributed by atoms with Crippen LogP contribution in [0.5, 0.6) is 0 Å². The highest BCUT2D eigenvalue weighted by atomic mass is 19.2. The first-order valence-corrected chi connectivity index (χ1v) is 5.21. The van der Waals surface area contributed by atoms with Crippen LogP contribution in [0.2, 0.25) is 0 Å². The second-order valence-corrected chi connectivity index (χ2v) is 4.14. The van der Waals surface area contributed by atoms with Crippen molar-refractivity contribution in [2.45, 2.75) is 38.4 Å². The zero-order valence-corrected chi connectivity index (χ0v) is 9.37. The van der Waals surface area contributed by atoms with Gasteiger partial charge in [0.25, 0.3) is 0 Å². The summed E-state index contributed by atoms with van der Waals surface area (Å²) in [5, 5.41) is 19.5. The normalized spacial score (nSPS) is 16.9. The summed E-state index contributed by atoms with van der Waals surface area (Å²) in [5.41, 5.74) is -1.22. The van der Waals surface area contributed by atoms with Crippen molar-refractivity contribution in [2.24, 2.45) is 0 Å². The van der Waals surface area contributed by atoms with E-state index < -0.39 is 23.3 Å². The van der Waals surface area contributed by atoms with Crippen LogP contribution < -0.4 is 0 Å². The van der Waals surface area contributed by atoms with Crippen molar-refractivity contribution >= 4 is 0 Å². The molecule has 0 heterocycles. The fraction of sp³-hybridized carbons (Fsp3) is 0.500. The minimum Gasteiger partial charge on any atom is -0.390 e. The van der Waals surface area contributed by atoms with Crippen LogP contribution in [-0.2, 0) is 6.42 Å². The maximum Gasteiger partial charge on any atom is 0.162 e. The largest absolute Gasteiger partial charge is 0.390 e. The minimum absolute atomic E-state index is 0.0706. The summed E-state index contributed by atoms with van der Waals surface area (Å²) in [6.07, 6.45) is -0.885. The molecule has 0 bridgehead atoms. The highest BCUT2D eigenvalue weighted by Crippen LogP contribution is 2.20. The van der Waals surface area contributed by atoms with Gasteiger partial charge in [-0.3, -0.25) is 0 Å². The van der Waals surface area contributed by atoms with E-state index >= 15 is 0 Å². The van der Waals surface area contributed by atoms with Crippen LogP contribution in [0.25, 0.3) is 0 Å². The number of benzene rings is 1. The molecule has 0 aromatic heterocycles. The Morgan fingerprint density at radius 3 is 2.56 bits per heavy atom. The predicted octanol–water partition coefficient (Wildman–Crippen LogP) is 2.03. The van der Waals surface area contributed by atoms with Gasteiger partial charge >= 0.3 is 0 Å². The lowest BCUT2D eigenvalue weighted by Gasteiger charge is -2.27. The van der Waals surface area contributed by atoms with Crippen molar-refractivity contribution in [3.63, 3.8) is 0 Å². The van der Waals surface area contributed by atoms with E-state index in [0.717, 1.165) is 6.07 Å². The molecule has 0 aliphatic carbocycles. The number of aliphatic hydroxyl groups is 2. The molecule has 0 amide bonds. The van der Waals surface area contributed by atoms with E-state index in [0.29, 0.717) is 6.42 Å². The lowest BCUT2D eigenvalue weighted by Crippen LogP contribution is -2.40. The van der Waals surface area contributed by atoms with Gasteiger partial charge in [-0.2, -0.15) is 0 Å². The van der Waals surface area contributed by atoms with Crippen molar-refractivity contribution in [1.29, 1.82) is 0 Å². The first-order valence-electron chi connectivity index (χ1n) is 5.21. The van der Waals surface area contributed by atoms with Crippen LogP contribution >= 0.6 is 0 Å². The van der Waals surface area contributed by atoms with E-state index in [-0.39, 0.29) is 12.0 Å². The molecule has 0 spiro atoms. The number of halogens is 2. The monoisotopic (exact) mass is 230 g/mol. The Morgan fingerprint density at radius 1 is 1.38 bits per heavy atom. The third-order valence-corrected chi connectivity index (χ3v) is 2.88. The first-order chi connectivity index (χ1) is 7.38. The molecule has 0 aliphatic rings. The summed E-state index contributed by atoms with van der Waals surface area (Å²) < 4.78 is 26.2. The Hall–Kier alpha value is -1.00. The molecule has 1 aromatic carbocycles. The molecule has 2 unspecified atom stereocenters. The Kier molecular flexibility index (Phi) is 3.99. The van der Waals surface area contributed by atoms with Gasteiger partial charge in [0.2, 0.25) is 0 Å². The maximum atomic E-state index is 13.3. The van der Waals surface area contributed by atoms with Gasteiger partial charge in [0.15, 0.2) is 11.6 Å².